The van der Waals surface area contributed by atoms with Gasteiger partial charge in [0, 0.05) is 44.3 Å². The summed E-state index contributed by atoms with van der Waals surface area (Å²) in [5.41, 5.74) is 2.84. The van der Waals surface area contributed by atoms with E-state index >= 15 is 0 Å². The lowest BCUT2D eigenvalue weighted by Crippen LogP contribution is -2.43. The number of sulfonamides is 1. The first-order chi connectivity index (χ1) is 15.4. The Balaban J connectivity index is 1.23. The van der Waals surface area contributed by atoms with Crippen molar-refractivity contribution >= 4 is 21.6 Å². The number of hydrogen-bond acceptors (Lipinski definition) is 4. The fraction of sp³-hybridized carbons (Fsp3) is 0.458. The highest BCUT2D eigenvalue weighted by atomic mass is 32.2. The van der Waals surface area contributed by atoms with Crippen LogP contribution in [0.1, 0.15) is 36.8 Å². The number of amides is 1. The molecule has 0 saturated carbocycles. The SMILES string of the molecule is O=C(NCc1ccc(N2CCCC2)cc1)C1CCN(S(=O)(=O)Cc2ccc(F)cc2)CC1. The summed E-state index contributed by atoms with van der Waals surface area (Å²) in [5.74, 6) is -0.752. The van der Waals surface area contributed by atoms with Crippen LogP contribution < -0.4 is 10.2 Å². The van der Waals surface area contributed by atoms with Crippen LogP contribution in [-0.2, 0) is 27.1 Å². The normalized spacial score (nSPS) is 18.1. The first-order valence-electron chi connectivity index (χ1n) is 11.2. The van der Waals surface area contributed by atoms with Gasteiger partial charge in [-0.2, -0.15) is 0 Å². The first-order valence-corrected chi connectivity index (χ1v) is 12.9. The molecule has 2 fully saturated rings. The molecule has 0 atom stereocenters. The Kier molecular flexibility index (Phi) is 7.10. The van der Waals surface area contributed by atoms with Crippen LogP contribution in [0.2, 0.25) is 0 Å². The summed E-state index contributed by atoms with van der Waals surface area (Å²) in [6, 6.07) is 13.8. The molecule has 172 valence electrons. The van der Waals surface area contributed by atoms with Gasteiger partial charge >= 0.3 is 0 Å². The minimum atomic E-state index is -3.49. The van der Waals surface area contributed by atoms with E-state index in [1.165, 1.54) is 47.1 Å². The summed E-state index contributed by atoms with van der Waals surface area (Å²) in [7, 11) is -3.49. The van der Waals surface area contributed by atoms with Crippen LogP contribution in [0, 0.1) is 11.7 Å². The van der Waals surface area contributed by atoms with Crippen molar-refractivity contribution < 1.29 is 17.6 Å². The molecular formula is C24H30FN3O3S. The van der Waals surface area contributed by atoms with Crippen molar-refractivity contribution in [3.63, 3.8) is 0 Å². The second kappa shape index (κ2) is 10.0. The van der Waals surface area contributed by atoms with Gasteiger partial charge in [-0.3, -0.25) is 4.79 Å². The second-order valence-corrected chi connectivity index (χ2v) is 10.6. The molecule has 0 radical (unpaired) electrons. The molecule has 1 N–H and O–H groups in total. The highest BCUT2D eigenvalue weighted by Gasteiger charge is 2.31. The Hall–Kier alpha value is -2.45. The molecule has 0 bridgehead atoms. The van der Waals surface area contributed by atoms with Gasteiger partial charge in [-0.15, -0.1) is 0 Å². The van der Waals surface area contributed by atoms with Crippen LogP contribution in [0.25, 0.3) is 0 Å². The van der Waals surface area contributed by atoms with E-state index in [1.807, 2.05) is 0 Å². The number of anilines is 1. The molecule has 2 aliphatic heterocycles. The Morgan fingerprint density at radius 2 is 1.50 bits per heavy atom. The highest BCUT2D eigenvalue weighted by Crippen LogP contribution is 2.23. The molecule has 8 heteroatoms. The van der Waals surface area contributed by atoms with Crippen LogP contribution in [-0.4, -0.2) is 44.8 Å². The minimum Gasteiger partial charge on any atom is -0.372 e. The molecule has 4 rings (SSSR count). The summed E-state index contributed by atoms with van der Waals surface area (Å²) >= 11 is 0. The molecule has 2 aromatic carbocycles. The molecule has 0 aromatic heterocycles. The monoisotopic (exact) mass is 459 g/mol. The van der Waals surface area contributed by atoms with E-state index in [0.29, 0.717) is 38.0 Å². The maximum atomic E-state index is 13.0. The van der Waals surface area contributed by atoms with E-state index in [1.54, 1.807) is 0 Å². The van der Waals surface area contributed by atoms with E-state index in [2.05, 4.69) is 34.5 Å². The largest absolute Gasteiger partial charge is 0.372 e. The van der Waals surface area contributed by atoms with Gasteiger partial charge in [0.2, 0.25) is 15.9 Å². The zero-order chi connectivity index (χ0) is 22.6. The van der Waals surface area contributed by atoms with E-state index in [0.717, 1.165) is 18.7 Å². The average molecular weight is 460 g/mol. The fourth-order valence-electron chi connectivity index (χ4n) is 4.41. The summed E-state index contributed by atoms with van der Waals surface area (Å²) in [4.78, 5) is 15.0. The van der Waals surface area contributed by atoms with Crippen molar-refractivity contribution in [3.05, 3.63) is 65.5 Å². The molecule has 0 spiro atoms. The quantitative estimate of drug-likeness (QED) is 0.690. The number of carbonyl (C=O) groups is 1. The van der Waals surface area contributed by atoms with E-state index < -0.39 is 10.0 Å². The number of rotatable bonds is 7. The number of hydrogen-bond donors (Lipinski definition) is 1. The lowest BCUT2D eigenvalue weighted by atomic mass is 9.97. The minimum absolute atomic E-state index is 0.0239. The standard InChI is InChI=1S/C24H30FN3O3S/c25-22-7-3-20(4-8-22)18-32(30,31)28-15-11-21(12-16-28)24(29)26-17-19-5-9-23(10-6-19)27-13-1-2-14-27/h3-10,21H,1-2,11-18H2,(H,26,29). The van der Waals surface area contributed by atoms with E-state index in [4.69, 9.17) is 0 Å². The van der Waals surface area contributed by atoms with E-state index in [9.17, 15) is 17.6 Å². The Labute approximate surface area is 189 Å². The number of carbonyl (C=O) groups excluding carboxylic acids is 1. The summed E-state index contributed by atoms with van der Waals surface area (Å²) in [6.07, 6.45) is 3.49. The van der Waals surface area contributed by atoms with Crippen molar-refractivity contribution in [1.82, 2.24) is 9.62 Å². The maximum absolute atomic E-state index is 13.0. The smallest absolute Gasteiger partial charge is 0.223 e. The van der Waals surface area contributed by atoms with Crippen LogP contribution in [0.3, 0.4) is 0 Å². The molecule has 2 aliphatic rings. The predicted octanol–water partition coefficient (Wildman–Crippen LogP) is 3.28. The second-order valence-electron chi connectivity index (χ2n) is 8.63. The molecule has 2 saturated heterocycles. The zero-order valence-electron chi connectivity index (χ0n) is 18.2. The summed E-state index contributed by atoms with van der Waals surface area (Å²) in [5, 5.41) is 3.00. The van der Waals surface area contributed by atoms with Crippen LogP contribution >= 0.6 is 0 Å². The van der Waals surface area contributed by atoms with Crippen molar-refractivity contribution in [2.24, 2.45) is 5.92 Å². The number of piperidine rings is 1. The van der Waals surface area contributed by atoms with Crippen LogP contribution in [0.5, 0.6) is 0 Å². The van der Waals surface area contributed by atoms with Crippen molar-refractivity contribution in [1.29, 1.82) is 0 Å². The summed E-state index contributed by atoms with van der Waals surface area (Å²) in [6.45, 7) is 3.34. The third kappa shape index (κ3) is 5.66. The van der Waals surface area contributed by atoms with Crippen LogP contribution in [0.15, 0.2) is 48.5 Å². The lowest BCUT2D eigenvalue weighted by molar-refractivity contribution is -0.126. The molecule has 2 heterocycles. The molecule has 2 aromatic rings. The Morgan fingerprint density at radius 1 is 0.906 bits per heavy atom. The predicted molar refractivity (Wildman–Crippen MR) is 123 cm³/mol. The fourth-order valence-corrected chi connectivity index (χ4v) is 5.98. The van der Waals surface area contributed by atoms with Gasteiger partial charge in [-0.05, 0) is 61.1 Å². The molecular weight excluding hydrogens is 429 g/mol. The van der Waals surface area contributed by atoms with Crippen molar-refractivity contribution in [2.75, 3.05) is 31.1 Å². The van der Waals surface area contributed by atoms with Crippen molar-refractivity contribution in [3.8, 4) is 0 Å². The lowest BCUT2D eigenvalue weighted by Gasteiger charge is -2.30. The number of nitrogens with one attached hydrogen (secondary N) is 1. The van der Waals surface area contributed by atoms with Gasteiger partial charge in [-0.1, -0.05) is 24.3 Å². The van der Waals surface area contributed by atoms with E-state index in [-0.39, 0.29) is 23.4 Å². The van der Waals surface area contributed by atoms with Gasteiger partial charge in [0.05, 0.1) is 5.75 Å². The first kappa shape index (κ1) is 22.7. The number of halogens is 1. The van der Waals surface area contributed by atoms with Gasteiger partial charge in [-0.25, -0.2) is 17.1 Å². The Morgan fingerprint density at radius 3 is 2.12 bits per heavy atom. The zero-order valence-corrected chi connectivity index (χ0v) is 19.0. The van der Waals surface area contributed by atoms with Crippen LogP contribution in [0.4, 0.5) is 10.1 Å². The molecule has 6 nitrogen and oxygen atoms in total. The molecule has 1 amide bonds. The van der Waals surface area contributed by atoms with Gasteiger partial charge in [0.15, 0.2) is 0 Å². The third-order valence-corrected chi connectivity index (χ3v) is 8.20. The highest BCUT2D eigenvalue weighted by molar-refractivity contribution is 7.88. The Bertz CT molecular complexity index is 1010. The van der Waals surface area contributed by atoms with Gasteiger partial charge in [0.1, 0.15) is 5.82 Å². The molecule has 0 aliphatic carbocycles. The molecule has 32 heavy (non-hydrogen) atoms. The maximum Gasteiger partial charge on any atom is 0.223 e. The number of benzene rings is 2. The summed E-state index contributed by atoms with van der Waals surface area (Å²) < 4.78 is 39.8. The van der Waals surface area contributed by atoms with Gasteiger partial charge in [0.25, 0.3) is 0 Å². The molecule has 0 unspecified atom stereocenters. The topological polar surface area (TPSA) is 69.7 Å². The average Bonchev–Trinajstić information content (AvgIpc) is 3.34. The third-order valence-electron chi connectivity index (χ3n) is 6.35. The van der Waals surface area contributed by atoms with Gasteiger partial charge < -0.3 is 10.2 Å². The van der Waals surface area contributed by atoms with Crippen molar-refractivity contribution in [2.45, 2.75) is 38.0 Å². The number of nitrogens with zero attached hydrogens (tertiary/aromatic N) is 2.